The van der Waals surface area contributed by atoms with Crippen LogP contribution >= 0.6 is 0 Å². The molecule has 2 unspecified atom stereocenters. The summed E-state index contributed by atoms with van der Waals surface area (Å²) in [5, 5.41) is 9.06. The Morgan fingerprint density at radius 2 is 2.12 bits per heavy atom. The van der Waals surface area contributed by atoms with Crippen LogP contribution in [0.25, 0.3) is 0 Å². The average Bonchev–Trinajstić information content (AvgIpc) is 2.38. The molecule has 4 nitrogen and oxygen atoms in total. The molecule has 1 aliphatic rings. The van der Waals surface area contributed by atoms with E-state index in [0.29, 0.717) is 0 Å². The first-order valence-corrected chi connectivity index (χ1v) is 5.58. The molecule has 0 aliphatic carbocycles. The van der Waals surface area contributed by atoms with E-state index in [1.165, 1.54) is 11.8 Å². The minimum Gasteiger partial charge on any atom is -0.480 e. The van der Waals surface area contributed by atoms with E-state index in [2.05, 4.69) is 6.58 Å². The van der Waals surface area contributed by atoms with Gasteiger partial charge in [0.25, 0.3) is 0 Å². The van der Waals surface area contributed by atoms with Crippen molar-refractivity contribution in [2.45, 2.75) is 51.4 Å². The van der Waals surface area contributed by atoms with E-state index in [0.717, 1.165) is 0 Å². The Morgan fingerprint density at radius 3 is 2.53 bits per heavy atom. The van der Waals surface area contributed by atoms with Gasteiger partial charge in [0.15, 0.2) is 5.88 Å². The van der Waals surface area contributed by atoms with Gasteiger partial charge in [-0.05, 0) is 34.3 Å². The van der Waals surface area contributed by atoms with Gasteiger partial charge in [-0.1, -0.05) is 0 Å². The summed E-state index contributed by atoms with van der Waals surface area (Å²) in [6.07, 6.45) is -0.0468. The van der Waals surface area contributed by atoms with Gasteiger partial charge in [-0.3, -0.25) is 0 Å². The molecule has 0 bridgehead atoms. The fourth-order valence-electron chi connectivity index (χ4n) is 1.94. The predicted molar refractivity (Wildman–Crippen MR) is 62.2 cm³/mol. The fourth-order valence-corrected chi connectivity index (χ4v) is 1.94. The Kier molecular flexibility index (Phi) is 3.41. The van der Waals surface area contributed by atoms with Crippen LogP contribution in [0.15, 0.2) is 12.5 Å². The van der Waals surface area contributed by atoms with E-state index in [4.69, 9.17) is 9.84 Å². The third kappa shape index (κ3) is 3.61. The van der Waals surface area contributed by atoms with E-state index in [9.17, 15) is 9.18 Å². The van der Waals surface area contributed by atoms with Crippen LogP contribution in [0.4, 0.5) is 4.39 Å². The zero-order valence-electron chi connectivity index (χ0n) is 10.8. The van der Waals surface area contributed by atoms with Crippen LogP contribution in [-0.2, 0) is 9.53 Å². The number of ether oxygens (including phenoxy) is 1. The van der Waals surface area contributed by atoms with Crippen LogP contribution in [0, 0.1) is 0 Å². The molecule has 0 radical (unpaired) electrons. The van der Waals surface area contributed by atoms with E-state index < -0.39 is 23.3 Å². The van der Waals surface area contributed by atoms with Crippen LogP contribution in [0.3, 0.4) is 0 Å². The molecule has 0 spiro atoms. The van der Waals surface area contributed by atoms with Gasteiger partial charge in [0, 0.05) is 6.42 Å². The lowest BCUT2D eigenvalue weighted by Gasteiger charge is -2.31. The van der Waals surface area contributed by atoms with Crippen molar-refractivity contribution in [2.24, 2.45) is 0 Å². The zero-order chi connectivity index (χ0) is 13.4. The summed E-state index contributed by atoms with van der Waals surface area (Å²) in [7, 11) is 0. The number of hydrogen-bond acceptors (Lipinski definition) is 3. The van der Waals surface area contributed by atoms with E-state index >= 15 is 0 Å². The van der Waals surface area contributed by atoms with Gasteiger partial charge in [0.1, 0.15) is 17.3 Å². The maximum Gasteiger partial charge on any atom is 0.326 e. The number of carboxylic acid groups (broad SMARTS) is 1. The third-order valence-corrected chi connectivity index (χ3v) is 2.52. The van der Waals surface area contributed by atoms with Crippen molar-refractivity contribution in [1.82, 2.24) is 4.90 Å². The number of carboxylic acids is 1. The highest BCUT2D eigenvalue weighted by molar-refractivity contribution is 5.74. The smallest absolute Gasteiger partial charge is 0.326 e. The number of nitrogens with zero attached hydrogens (tertiary/aromatic N) is 1. The van der Waals surface area contributed by atoms with Crippen LogP contribution in [0.1, 0.15) is 34.1 Å². The maximum absolute atomic E-state index is 13.9. The molecular weight excluding hydrogens is 225 g/mol. The first-order valence-electron chi connectivity index (χ1n) is 5.58. The summed E-state index contributed by atoms with van der Waals surface area (Å²) in [5.41, 5.74) is -2.00. The molecule has 0 aromatic rings. The van der Waals surface area contributed by atoms with Crippen molar-refractivity contribution < 1.29 is 19.0 Å². The summed E-state index contributed by atoms with van der Waals surface area (Å²) < 4.78 is 19.4. The molecule has 0 saturated carbocycles. The van der Waals surface area contributed by atoms with Gasteiger partial charge in [-0.2, -0.15) is 0 Å². The molecule has 1 fully saturated rings. The molecule has 0 aromatic carbocycles. The van der Waals surface area contributed by atoms with E-state index in [1.54, 1.807) is 0 Å². The van der Waals surface area contributed by atoms with Gasteiger partial charge in [0.05, 0.1) is 6.54 Å². The van der Waals surface area contributed by atoms with Crippen molar-refractivity contribution in [3.8, 4) is 0 Å². The van der Waals surface area contributed by atoms with Crippen molar-refractivity contribution in [3.05, 3.63) is 12.5 Å². The quantitative estimate of drug-likeness (QED) is 0.774. The number of halogens is 1. The van der Waals surface area contributed by atoms with Crippen LogP contribution in [0.2, 0.25) is 0 Å². The topological polar surface area (TPSA) is 49.8 Å². The highest BCUT2D eigenvalue weighted by Gasteiger charge is 2.46. The first kappa shape index (κ1) is 13.8. The van der Waals surface area contributed by atoms with Crippen molar-refractivity contribution in [1.29, 1.82) is 0 Å². The second kappa shape index (κ2) is 4.20. The molecule has 0 amide bonds. The van der Waals surface area contributed by atoms with Crippen molar-refractivity contribution in [2.75, 3.05) is 6.54 Å². The highest BCUT2D eigenvalue weighted by Crippen LogP contribution is 2.34. The molecule has 1 saturated heterocycles. The molecule has 98 valence electrons. The Bertz CT molecular complexity index is 333. The number of alkyl halides is 1. The zero-order valence-corrected chi connectivity index (χ0v) is 10.8. The highest BCUT2D eigenvalue weighted by atomic mass is 19.1. The number of hydrogen-bond donors (Lipinski definition) is 1. The molecule has 1 heterocycles. The Balaban J connectivity index is 2.81. The van der Waals surface area contributed by atoms with Crippen molar-refractivity contribution in [3.63, 3.8) is 0 Å². The van der Waals surface area contributed by atoms with Crippen LogP contribution in [0.5, 0.6) is 0 Å². The number of rotatable bonds is 3. The largest absolute Gasteiger partial charge is 0.480 e. The summed E-state index contributed by atoms with van der Waals surface area (Å²) in [6.45, 7) is 10.6. The fraction of sp³-hybridized carbons (Fsp3) is 0.750. The number of aliphatic carboxylic acids is 1. The van der Waals surface area contributed by atoms with Gasteiger partial charge >= 0.3 is 5.97 Å². The third-order valence-electron chi connectivity index (χ3n) is 2.52. The Morgan fingerprint density at radius 1 is 1.59 bits per heavy atom. The number of carbonyl (C=O) groups is 1. The summed E-state index contributed by atoms with van der Waals surface area (Å²) in [5.74, 6) is -0.837. The predicted octanol–water partition coefficient (Wildman–Crippen LogP) is 2.16. The van der Waals surface area contributed by atoms with Crippen molar-refractivity contribution >= 4 is 5.97 Å². The van der Waals surface area contributed by atoms with Crippen LogP contribution in [-0.4, -0.2) is 39.8 Å². The van der Waals surface area contributed by atoms with Gasteiger partial charge < -0.3 is 14.7 Å². The minimum atomic E-state index is -1.52. The number of likely N-dealkylation sites (tertiary alicyclic amines) is 1. The Hall–Kier alpha value is -1.26. The second-order valence-electron chi connectivity index (χ2n) is 5.71. The molecule has 1 aliphatic heterocycles. The molecule has 1 rings (SSSR count). The van der Waals surface area contributed by atoms with Gasteiger partial charge in [-0.15, -0.1) is 0 Å². The lowest BCUT2D eigenvalue weighted by atomic mass is 10.1. The van der Waals surface area contributed by atoms with E-state index in [-0.39, 0.29) is 18.8 Å². The molecule has 0 aromatic heterocycles. The normalized spacial score (nSPS) is 29.2. The molecule has 2 atom stereocenters. The first-order chi connectivity index (χ1) is 7.52. The average molecular weight is 245 g/mol. The summed E-state index contributed by atoms with van der Waals surface area (Å²) in [6, 6.07) is -0.903. The monoisotopic (exact) mass is 245 g/mol. The van der Waals surface area contributed by atoms with Crippen LogP contribution < -0.4 is 0 Å². The maximum atomic E-state index is 13.9. The lowest BCUT2D eigenvalue weighted by molar-refractivity contribution is -0.143. The van der Waals surface area contributed by atoms with Gasteiger partial charge in [-0.25, -0.2) is 9.18 Å². The molecular formula is C12H20FNO3. The second-order valence-corrected chi connectivity index (χ2v) is 5.71. The van der Waals surface area contributed by atoms with E-state index in [1.807, 2.05) is 20.8 Å². The Labute approximate surface area is 101 Å². The summed E-state index contributed by atoms with van der Waals surface area (Å²) in [4.78, 5) is 12.4. The SMILES string of the molecule is C=C(OC(C)(C)C)N1CC(C)(F)CC1C(=O)O. The molecule has 17 heavy (non-hydrogen) atoms. The lowest BCUT2D eigenvalue weighted by Crippen LogP contribution is -2.38. The molecule has 5 heteroatoms. The minimum absolute atomic E-state index is 0.00111. The molecule has 1 N–H and O–H groups in total. The van der Waals surface area contributed by atoms with Gasteiger partial charge in [0.2, 0.25) is 0 Å². The summed E-state index contributed by atoms with van der Waals surface area (Å²) >= 11 is 0. The standard InChI is InChI=1S/C12H20FNO3/c1-8(17-11(2,3)4)14-7-12(5,13)6-9(14)10(15)16/h9H,1,6-7H2,2-5H3,(H,15,16).